The second kappa shape index (κ2) is 8.34. The second-order valence-corrected chi connectivity index (χ2v) is 7.98. The van der Waals surface area contributed by atoms with Crippen molar-refractivity contribution in [3.63, 3.8) is 0 Å². The zero-order chi connectivity index (χ0) is 22.2. The van der Waals surface area contributed by atoms with E-state index in [2.05, 4.69) is 5.32 Å². The molecule has 0 spiro atoms. The Bertz CT molecular complexity index is 1180. The molecule has 2 heterocycles. The fraction of sp³-hybridized carbons (Fsp3) is 0.435. The van der Waals surface area contributed by atoms with E-state index in [1.807, 2.05) is 40.7 Å². The molecule has 0 unspecified atom stereocenters. The summed E-state index contributed by atoms with van der Waals surface area (Å²) in [6, 6.07) is 1.24. The lowest BCUT2D eigenvalue weighted by Gasteiger charge is -2.19. The number of methoxy groups -OCH3 is 1. The summed E-state index contributed by atoms with van der Waals surface area (Å²) in [5.74, 6) is -0.928. The average Bonchev–Trinajstić information content (AvgIpc) is 3.07. The molecule has 0 bridgehead atoms. The van der Waals surface area contributed by atoms with Crippen LogP contribution in [0, 0.1) is 26.7 Å². The van der Waals surface area contributed by atoms with Crippen LogP contribution in [-0.2, 0) is 20.7 Å². The van der Waals surface area contributed by atoms with Crippen molar-refractivity contribution >= 4 is 33.8 Å². The first-order chi connectivity index (χ1) is 14.1. The normalized spacial score (nSPS) is 12.5. The van der Waals surface area contributed by atoms with Crippen molar-refractivity contribution in [3.8, 4) is 0 Å². The van der Waals surface area contributed by atoms with E-state index in [9.17, 15) is 14.4 Å². The Labute approximate surface area is 174 Å². The zero-order valence-electron chi connectivity index (χ0n) is 18.2. The highest BCUT2D eigenvalue weighted by molar-refractivity contribution is 5.99. The van der Waals surface area contributed by atoms with Crippen molar-refractivity contribution in [2.75, 3.05) is 7.11 Å². The molecule has 0 fully saturated rings. The molecule has 0 aliphatic rings. The Kier molecular flexibility index (Phi) is 6.01. The monoisotopic (exact) mass is 413 g/mol. The van der Waals surface area contributed by atoms with E-state index < -0.39 is 17.6 Å². The van der Waals surface area contributed by atoms with Gasteiger partial charge in [-0.1, -0.05) is 13.8 Å². The van der Waals surface area contributed by atoms with Crippen LogP contribution in [0.1, 0.15) is 42.5 Å². The van der Waals surface area contributed by atoms with Crippen LogP contribution in [0.2, 0.25) is 0 Å². The Morgan fingerprint density at radius 1 is 1.10 bits per heavy atom. The van der Waals surface area contributed by atoms with E-state index in [0.717, 1.165) is 27.5 Å². The molecule has 1 N–H and O–H groups in total. The molecule has 30 heavy (non-hydrogen) atoms. The summed E-state index contributed by atoms with van der Waals surface area (Å²) in [5.41, 5.74) is 3.76. The SMILES string of the molecule is COC(=O)[C@@H](NC(=O)CCc1c(C)c2cc3c(C)coc3c(C)c2oc1=O)C(C)C. The lowest BCUT2D eigenvalue weighted by atomic mass is 9.98. The van der Waals surface area contributed by atoms with Crippen molar-refractivity contribution in [1.82, 2.24) is 5.32 Å². The average molecular weight is 413 g/mol. The van der Waals surface area contributed by atoms with E-state index in [1.165, 1.54) is 7.11 Å². The Hall–Kier alpha value is -3.09. The number of benzene rings is 1. The molecule has 1 aromatic carbocycles. The van der Waals surface area contributed by atoms with Crippen LogP contribution in [0.15, 0.2) is 26.0 Å². The van der Waals surface area contributed by atoms with Gasteiger partial charge < -0.3 is 18.9 Å². The van der Waals surface area contributed by atoms with Crippen LogP contribution in [0.4, 0.5) is 0 Å². The van der Waals surface area contributed by atoms with Gasteiger partial charge in [-0.25, -0.2) is 9.59 Å². The first-order valence-electron chi connectivity index (χ1n) is 9.96. The number of nitrogens with one attached hydrogen (secondary N) is 1. The first kappa shape index (κ1) is 21.6. The van der Waals surface area contributed by atoms with E-state index in [4.69, 9.17) is 13.6 Å². The maximum atomic E-state index is 12.6. The zero-order valence-corrected chi connectivity index (χ0v) is 18.2. The molecule has 0 radical (unpaired) electrons. The van der Waals surface area contributed by atoms with Crippen molar-refractivity contribution in [3.05, 3.63) is 45.0 Å². The molecule has 1 atom stereocenters. The van der Waals surface area contributed by atoms with Gasteiger partial charge in [-0.05, 0) is 50.3 Å². The fourth-order valence-electron chi connectivity index (χ4n) is 3.72. The molecule has 0 saturated heterocycles. The summed E-state index contributed by atoms with van der Waals surface area (Å²) in [6.07, 6.45) is 1.95. The van der Waals surface area contributed by atoms with Gasteiger partial charge in [0.05, 0.1) is 13.4 Å². The van der Waals surface area contributed by atoms with Crippen molar-refractivity contribution in [2.24, 2.45) is 5.92 Å². The minimum absolute atomic E-state index is 0.0588. The third kappa shape index (κ3) is 3.84. The van der Waals surface area contributed by atoms with Crippen LogP contribution in [-0.4, -0.2) is 25.0 Å². The third-order valence-corrected chi connectivity index (χ3v) is 5.58. The van der Waals surface area contributed by atoms with Crippen LogP contribution in [0.25, 0.3) is 21.9 Å². The second-order valence-electron chi connectivity index (χ2n) is 7.98. The van der Waals surface area contributed by atoms with Crippen LogP contribution in [0.3, 0.4) is 0 Å². The smallest absolute Gasteiger partial charge is 0.339 e. The molecular weight excluding hydrogens is 386 g/mol. The highest BCUT2D eigenvalue weighted by atomic mass is 16.5. The number of rotatable bonds is 6. The number of hydrogen-bond acceptors (Lipinski definition) is 6. The van der Waals surface area contributed by atoms with Crippen LogP contribution in [0.5, 0.6) is 0 Å². The standard InChI is InChI=1S/C23H27NO6/c1-11(2)19(23(27)28-6)24-18(25)8-7-15-13(4)17-9-16-12(3)10-29-20(16)14(5)21(17)30-22(15)26/h9-11,19H,7-8H2,1-6H3,(H,24,25)/t19-/m0/s1. The number of aryl methyl sites for hydroxylation is 3. The Morgan fingerprint density at radius 2 is 1.80 bits per heavy atom. The fourth-order valence-corrected chi connectivity index (χ4v) is 3.72. The van der Waals surface area contributed by atoms with Crippen LogP contribution >= 0.6 is 0 Å². The number of ether oxygens (including phenoxy) is 1. The summed E-state index contributed by atoms with van der Waals surface area (Å²) < 4.78 is 16.0. The highest BCUT2D eigenvalue weighted by Crippen LogP contribution is 2.32. The Morgan fingerprint density at radius 3 is 2.43 bits per heavy atom. The Balaban J connectivity index is 1.90. The molecule has 3 rings (SSSR count). The van der Waals surface area contributed by atoms with Gasteiger partial charge in [0, 0.05) is 28.3 Å². The van der Waals surface area contributed by atoms with Gasteiger partial charge >= 0.3 is 11.6 Å². The van der Waals surface area contributed by atoms with Gasteiger partial charge in [0.15, 0.2) is 0 Å². The number of amides is 1. The van der Waals surface area contributed by atoms with E-state index in [0.29, 0.717) is 16.7 Å². The highest BCUT2D eigenvalue weighted by Gasteiger charge is 2.25. The number of carbonyl (C=O) groups is 2. The largest absolute Gasteiger partial charge is 0.467 e. The summed E-state index contributed by atoms with van der Waals surface area (Å²) in [7, 11) is 1.29. The number of hydrogen-bond donors (Lipinski definition) is 1. The molecule has 7 nitrogen and oxygen atoms in total. The summed E-state index contributed by atoms with van der Waals surface area (Å²) in [5, 5.41) is 4.49. The number of carbonyl (C=O) groups excluding carboxylic acids is 2. The van der Waals surface area contributed by atoms with Crippen molar-refractivity contribution in [2.45, 2.75) is 53.5 Å². The van der Waals surface area contributed by atoms with Gasteiger partial charge in [0.1, 0.15) is 17.2 Å². The van der Waals surface area contributed by atoms with Gasteiger partial charge in [-0.3, -0.25) is 4.79 Å². The predicted octanol–water partition coefficient (Wildman–Crippen LogP) is 3.71. The van der Waals surface area contributed by atoms with Crippen molar-refractivity contribution in [1.29, 1.82) is 0 Å². The lowest BCUT2D eigenvalue weighted by Crippen LogP contribution is -2.45. The van der Waals surface area contributed by atoms with Gasteiger partial charge in [-0.2, -0.15) is 0 Å². The van der Waals surface area contributed by atoms with Crippen LogP contribution < -0.4 is 10.9 Å². The third-order valence-electron chi connectivity index (χ3n) is 5.58. The lowest BCUT2D eigenvalue weighted by molar-refractivity contribution is -0.146. The molecule has 1 amide bonds. The van der Waals surface area contributed by atoms with Gasteiger partial charge in [-0.15, -0.1) is 0 Å². The molecule has 0 aliphatic carbocycles. The molecule has 2 aromatic heterocycles. The summed E-state index contributed by atoms with van der Waals surface area (Å²) in [6.45, 7) is 9.33. The number of fused-ring (bicyclic) bond motifs is 2. The van der Waals surface area contributed by atoms with Crippen molar-refractivity contribution < 1.29 is 23.2 Å². The summed E-state index contributed by atoms with van der Waals surface area (Å²) in [4.78, 5) is 36.9. The molecular formula is C23H27NO6. The molecule has 3 aromatic rings. The quantitative estimate of drug-likeness (QED) is 0.489. The molecule has 0 saturated carbocycles. The van der Waals surface area contributed by atoms with E-state index in [-0.39, 0.29) is 24.7 Å². The number of esters is 1. The first-order valence-corrected chi connectivity index (χ1v) is 9.96. The minimum Gasteiger partial charge on any atom is -0.467 e. The predicted molar refractivity (Wildman–Crippen MR) is 114 cm³/mol. The van der Waals surface area contributed by atoms with E-state index >= 15 is 0 Å². The molecule has 7 heteroatoms. The van der Waals surface area contributed by atoms with Gasteiger partial charge in [0.25, 0.3) is 0 Å². The van der Waals surface area contributed by atoms with Gasteiger partial charge in [0.2, 0.25) is 5.91 Å². The topological polar surface area (TPSA) is 98.8 Å². The minimum atomic E-state index is -0.725. The number of furan rings is 1. The summed E-state index contributed by atoms with van der Waals surface area (Å²) >= 11 is 0. The molecule has 0 aliphatic heterocycles. The van der Waals surface area contributed by atoms with E-state index in [1.54, 1.807) is 6.26 Å². The molecule has 160 valence electrons. The maximum absolute atomic E-state index is 12.6. The maximum Gasteiger partial charge on any atom is 0.339 e.